The molecule has 3 aromatic rings. The molecule has 35 heavy (non-hydrogen) atoms. The van der Waals surface area contributed by atoms with Crippen LogP contribution < -0.4 is 4.90 Å². The molecular weight excluding hydrogens is 440 g/mol. The van der Waals surface area contributed by atoms with E-state index in [1.807, 2.05) is 36.4 Å². The van der Waals surface area contributed by atoms with Gasteiger partial charge in [-0.3, -0.25) is 0 Å². The lowest BCUT2D eigenvalue weighted by Crippen LogP contribution is -2.53. The lowest BCUT2D eigenvalue weighted by Gasteiger charge is -2.44. The van der Waals surface area contributed by atoms with Crippen molar-refractivity contribution in [2.75, 3.05) is 18.1 Å². The third kappa shape index (κ3) is 4.06. The Morgan fingerprint density at radius 2 is 1.86 bits per heavy atom. The van der Waals surface area contributed by atoms with E-state index in [9.17, 15) is 9.90 Å². The van der Waals surface area contributed by atoms with Crippen LogP contribution in [0.1, 0.15) is 50.3 Å². The van der Waals surface area contributed by atoms with Crippen molar-refractivity contribution < 1.29 is 19.5 Å². The first-order chi connectivity index (χ1) is 16.8. The van der Waals surface area contributed by atoms with Crippen molar-refractivity contribution in [2.24, 2.45) is 5.16 Å². The van der Waals surface area contributed by atoms with Crippen LogP contribution in [0.25, 0.3) is 10.8 Å². The highest BCUT2D eigenvalue weighted by molar-refractivity contribution is 6.16. The second-order valence-corrected chi connectivity index (χ2v) is 10.1. The Bertz CT molecular complexity index is 1300. The number of carbonyl (C=O) groups excluding carboxylic acids is 1. The van der Waals surface area contributed by atoms with Crippen molar-refractivity contribution in [2.45, 2.75) is 57.8 Å². The number of oxime groups is 1. The van der Waals surface area contributed by atoms with Crippen molar-refractivity contribution in [3.8, 4) is 0 Å². The van der Waals surface area contributed by atoms with Crippen molar-refractivity contribution in [3.63, 3.8) is 0 Å². The number of anilines is 1. The maximum Gasteiger partial charge on any atom is 0.353 e. The number of fused-ring (bicyclic) bond motifs is 2. The molecule has 1 fully saturated rings. The molecule has 2 aliphatic heterocycles. The molecule has 0 aliphatic carbocycles. The van der Waals surface area contributed by atoms with Gasteiger partial charge in [-0.2, -0.15) is 0 Å². The number of aliphatic hydroxyl groups excluding tert-OH is 1. The van der Waals surface area contributed by atoms with E-state index in [0.29, 0.717) is 13.0 Å². The summed E-state index contributed by atoms with van der Waals surface area (Å²) in [5.41, 5.74) is 3.35. The van der Waals surface area contributed by atoms with Crippen molar-refractivity contribution in [1.29, 1.82) is 0 Å². The maximum atomic E-state index is 12.4. The third-order valence-corrected chi connectivity index (χ3v) is 7.39. The summed E-state index contributed by atoms with van der Waals surface area (Å²) in [4.78, 5) is 20.8. The summed E-state index contributed by atoms with van der Waals surface area (Å²) in [5, 5.41) is 16.6. The summed E-state index contributed by atoms with van der Waals surface area (Å²) < 4.78 is 5.18. The first-order valence-corrected chi connectivity index (χ1v) is 12.3. The summed E-state index contributed by atoms with van der Waals surface area (Å²) in [6, 6.07) is 20.5. The van der Waals surface area contributed by atoms with Crippen LogP contribution in [0, 0.1) is 0 Å². The van der Waals surface area contributed by atoms with Crippen LogP contribution >= 0.6 is 0 Å². The molecule has 182 valence electrons. The van der Waals surface area contributed by atoms with Crippen LogP contribution in [0.4, 0.5) is 5.69 Å². The van der Waals surface area contributed by atoms with Gasteiger partial charge in [0.05, 0.1) is 18.8 Å². The molecule has 1 unspecified atom stereocenters. The summed E-state index contributed by atoms with van der Waals surface area (Å²) >= 11 is 0. The number of carbonyl (C=O) groups is 1. The molecule has 0 aromatic heterocycles. The van der Waals surface area contributed by atoms with Gasteiger partial charge in [0.25, 0.3) is 0 Å². The molecule has 6 nitrogen and oxygen atoms in total. The second-order valence-electron chi connectivity index (χ2n) is 10.1. The van der Waals surface area contributed by atoms with Gasteiger partial charge in [-0.15, -0.1) is 0 Å². The van der Waals surface area contributed by atoms with Gasteiger partial charge in [0.2, 0.25) is 5.60 Å². The normalized spacial score (nSPS) is 20.6. The number of para-hydroxylation sites is 1. The molecule has 5 rings (SSSR count). The number of rotatable bonds is 6. The molecule has 0 saturated carbocycles. The van der Waals surface area contributed by atoms with Crippen LogP contribution in [-0.4, -0.2) is 41.1 Å². The monoisotopic (exact) mass is 472 g/mol. The van der Waals surface area contributed by atoms with E-state index in [-0.39, 0.29) is 12.6 Å². The van der Waals surface area contributed by atoms with E-state index in [1.165, 1.54) is 11.3 Å². The summed E-state index contributed by atoms with van der Waals surface area (Å²) in [6.45, 7) is 7.21. The van der Waals surface area contributed by atoms with Crippen molar-refractivity contribution in [3.05, 3.63) is 77.4 Å². The lowest BCUT2D eigenvalue weighted by molar-refractivity contribution is -0.156. The minimum atomic E-state index is -1.11. The Hall–Kier alpha value is -3.38. The molecular formula is C29H32N2O4. The number of aliphatic hydroxyl groups is 1. The number of hydrogen-bond donors (Lipinski definition) is 1. The zero-order valence-electron chi connectivity index (χ0n) is 20.6. The highest BCUT2D eigenvalue weighted by Gasteiger charge is 2.44. The molecule has 0 spiro atoms. The Kier molecular flexibility index (Phi) is 6.01. The van der Waals surface area contributed by atoms with E-state index < -0.39 is 11.1 Å². The van der Waals surface area contributed by atoms with Crippen molar-refractivity contribution >= 4 is 28.1 Å². The topological polar surface area (TPSA) is 71.4 Å². The molecule has 3 aromatic carbocycles. The Morgan fingerprint density at radius 3 is 2.60 bits per heavy atom. The molecule has 2 aliphatic rings. The average molecular weight is 473 g/mol. The predicted octanol–water partition coefficient (Wildman–Crippen LogP) is 4.99. The SMILES string of the molecule is CC1(ON=C(c2ccc(CO)c3ccccc23)C(C)(C)N2CCCc3ccccc32)CCOC1=O. The predicted molar refractivity (Wildman–Crippen MR) is 138 cm³/mol. The minimum absolute atomic E-state index is 0.0451. The van der Waals surface area contributed by atoms with E-state index in [4.69, 9.17) is 14.7 Å². The Labute approximate surface area is 206 Å². The van der Waals surface area contributed by atoms with E-state index in [0.717, 1.165) is 47.0 Å². The quantitative estimate of drug-likeness (QED) is 0.311. The zero-order valence-corrected chi connectivity index (χ0v) is 20.6. The number of hydrogen-bond acceptors (Lipinski definition) is 6. The molecule has 1 saturated heterocycles. The van der Waals surface area contributed by atoms with Gasteiger partial charge in [-0.25, -0.2) is 4.79 Å². The fourth-order valence-electron chi connectivity index (χ4n) is 5.26. The lowest BCUT2D eigenvalue weighted by atomic mass is 9.84. The third-order valence-electron chi connectivity index (χ3n) is 7.39. The van der Waals surface area contributed by atoms with Gasteiger partial charge >= 0.3 is 5.97 Å². The molecule has 2 heterocycles. The van der Waals surface area contributed by atoms with Gasteiger partial charge in [0, 0.05) is 24.2 Å². The number of benzene rings is 3. The molecule has 0 bridgehead atoms. The van der Waals surface area contributed by atoms with Gasteiger partial charge in [0.15, 0.2) is 0 Å². The highest BCUT2D eigenvalue weighted by atomic mass is 16.7. The second kappa shape index (κ2) is 9.00. The number of nitrogens with zero attached hydrogens (tertiary/aromatic N) is 2. The fourth-order valence-corrected chi connectivity index (χ4v) is 5.26. The van der Waals surface area contributed by atoms with Crippen LogP contribution in [0.3, 0.4) is 0 Å². The van der Waals surface area contributed by atoms with Gasteiger partial charge in [0.1, 0.15) is 5.71 Å². The van der Waals surface area contributed by atoms with Gasteiger partial charge in [-0.1, -0.05) is 59.8 Å². The maximum absolute atomic E-state index is 12.4. The van der Waals surface area contributed by atoms with E-state index >= 15 is 0 Å². The number of esters is 1. The van der Waals surface area contributed by atoms with Crippen LogP contribution in [0.5, 0.6) is 0 Å². The standard InChI is InChI=1S/C29H32N2O4/c1-28(2,31-17-8-10-20-9-4-7-13-25(20)31)26(30-35-29(3)16-18-34-27(29)33)24-15-14-21(19-32)22-11-5-6-12-23(22)24/h4-7,9,11-15,32H,8,10,16-19H2,1-3H3. The van der Waals surface area contributed by atoms with Crippen LogP contribution in [-0.2, 0) is 27.4 Å². The molecule has 0 radical (unpaired) electrons. The average Bonchev–Trinajstić information content (AvgIpc) is 3.21. The fraction of sp³-hybridized carbons (Fsp3) is 0.379. The van der Waals surface area contributed by atoms with E-state index in [1.54, 1.807) is 6.92 Å². The van der Waals surface area contributed by atoms with Crippen molar-refractivity contribution in [1.82, 2.24) is 0 Å². The number of aryl methyl sites for hydroxylation is 1. The largest absolute Gasteiger partial charge is 0.462 e. The van der Waals surface area contributed by atoms with E-state index in [2.05, 4.69) is 43.0 Å². The first kappa shape index (κ1) is 23.4. The van der Waals surface area contributed by atoms with Crippen LogP contribution in [0.15, 0.2) is 65.8 Å². The van der Waals surface area contributed by atoms with Gasteiger partial charge in [-0.05, 0) is 61.6 Å². The van der Waals surface area contributed by atoms with Gasteiger partial charge < -0.3 is 19.6 Å². The molecule has 1 N–H and O–H groups in total. The smallest absolute Gasteiger partial charge is 0.353 e. The number of cyclic esters (lactones) is 1. The molecule has 0 amide bonds. The Balaban J connectivity index is 1.68. The minimum Gasteiger partial charge on any atom is -0.462 e. The molecule has 6 heteroatoms. The van der Waals surface area contributed by atoms with Crippen LogP contribution in [0.2, 0.25) is 0 Å². The summed E-state index contributed by atoms with van der Waals surface area (Å²) in [6.07, 6.45) is 2.55. The molecule has 1 atom stereocenters. The zero-order chi connectivity index (χ0) is 24.6. The summed E-state index contributed by atoms with van der Waals surface area (Å²) in [5.74, 6) is -0.387. The highest BCUT2D eigenvalue weighted by Crippen LogP contribution is 2.37. The Morgan fingerprint density at radius 1 is 1.11 bits per heavy atom. The first-order valence-electron chi connectivity index (χ1n) is 12.3. The number of ether oxygens (including phenoxy) is 1. The summed E-state index contributed by atoms with van der Waals surface area (Å²) in [7, 11) is 0.